The van der Waals surface area contributed by atoms with E-state index < -0.39 is 30.6 Å². The fourth-order valence-electron chi connectivity index (χ4n) is 3.83. The lowest BCUT2D eigenvalue weighted by Crippen LogP contribution is -2.38. The topological polar surface area (TPSA) is 85.3 Å². The Morgan fingerprint density at radius 1 is 1.00 bits per heavy atom. The highest BCUT2D eigenvalue weighted by Crippen LogP contribution is 2.40. The van der Waals surface area contributed by atoms with Crippen molar-refractivity contribution in [3.05, 3.63) is 101 Å². The highest BCUT2D eigenvalue weighted by molar-refractivity contribution is 5.68. The van der Waals surface area contributed by atoms with Crippen molar-refractivity contribution in [1.29, 1.82) is 0 Å². The van der Waals surface area contributed by atoms with Gasteiger partial charge in [0.2, 0.25) is 0 Å². The van der Waals surface area contributed by atoms with Crippen molar-refractivity contribution in [3.63, 3.8) is 0 Å². The predicted molar refractivity (Wildman–Crippen MR) is 116 cm³/mol. The number of carboxylic acid groups (broad SMARTS) is 1. The Morgan fingerprint density at radius 2 is 1.76 bits per heavy atom. The Labute approximate surface area is 189 Å². The molecule has 3 aromatic carbocycles. The third-order valence-electron chi connectivity index (χ3n) is 5.27. The number of ether oxygens (including phenoxy) is 2. The molecule has 3 aromatic rings. The molecule has 170 valence electrons. The summed E-state index contributed by atoms with van der Waals surface area (Å²) in [5.41, 5.74) is 2.58. The van der Waals surface area contributed by atoms with E-state index in [1.54, 1.807) is 0 Å². The van der Waals surface area contributed by atoms with Crippen LogP contribution in [0.5, 0.6) is 5.75 Å². The van der Waals surface area contributed by atoms with Crippen molar-refractivity contribution in [2.45, 2.75) is 19.1 Å². The molecule has 8 heteroatoms. The number of halogens is 1. The van der Waals surface area contributed by atoms with Crippen LogP contribution in [0, 0.1) is 5.82 Å². The van der Waals surface area contributed by atoms with Crippen molar-refractivity contribution in [2.75, 3.05) is 13.2 Å². The van der Waals surface area contributed by atoms with Crippen LogP contribution in [0.1, 0.15) is 28.3 Å². The third kappa shape index (κ3) is 5.30. The Hall–Kier alpha value is -3.91. The summed E-state index contributed by atoms with van der Waals surface area (Å²) in [6.07, 6.45) is -0.356. The van der Waals surface area contributed by atoms with Crippen LogP contribution in [0.25, 0.3) is 0 Å². The van der Waals surface area contributed by atoms with Crippen LogP contribution in [0.2, 0.25) is 0 Å². The zero-order valence-electron chi connectivity index (χ0n) is 17.6. The summed E-state index contributed by atoms with van der Waals surface area (Å²) in [7, 11) is 0. The van der Waals surface area contributed by atoms with Crippen LogP contribution < -0.4 is 4.74 Å². The molecule has 1 heterocycles. The number of hydrogen-bond donors (Lipinski definition) is 1. The van der Waals surface area contributed by atoms with E-state index in [1.807, 2.05) is 54.6 Å². The van der Waals surface area contributed by atoms with Gasteiger partial charge in [-0.05, 0) is 35.2 Å². The first-order valence-electron chi connectivity index (χ1n) is 10.4. The van der Waals surface area contributed by atoms with Gasteiger partial charge in [0.05, 0.1) is 5.56 Å². The standard InChI is InChI=1S/C25H22FNO6/c26-20-11-6-12-21(31-16-22(28)29)23(20)24-19-10-5-4-9-18(19)13-14-27(24)33-25(30)32-15-17-7-2-1-3-8-17/h1-12,24H,13-16H2,(H,28,29). The number of hydrogen-bond acceptors (Lipinski definition) is 6. The Morgan fingerprint density at radius 3 is 2.55 bits per heavy atom. The molecule has 0 radical (unpaired) electrons. The van der Waals surface area contributed by atoms with E-state index in [-0.39, 0.29) is 24.5 Å². The van der Waals surface area contributed by atoms with Gasteiger partial charge in [-0.25, -0.2) is 14.0 Å². The molecule has 0 bridgehead atoms. The maximum Gasteiger partial charge on any atom is 0.528 e. The Kier molecular flexibility index (Phi) is 6.85. The summed E-state index contributed by atoms with van der Waals surface area (Å²) < 4.78 is 25.7. The number of aliphatic carboxylic acids is 1. The molecular formula is C25H22FNO6. The monoisotopic (exact) mass is 451 g/mol. The molecule has 0 aromatic heterocycles. The van der Waals surface area contributed by atoms with Crippen molar-refractivity contribution in [3.8, 4) is 5.75 Å². The lowest BCUT2D eigenvalue weighted by molar-refractivity contribution is -0.153. The van der Waals surface area contributed by atoms with Gasteiger partial charge in [-0.15, -0.1) is 5.06 Å². The van der Waals surface area contributed by atoms with Crippen molar-refractivity contribution in [1.82, 2.24) is 5.06 Å². The van der Waals surface area contributed by atoms with Crippen LogP contribution in [0.4, 0.5) is 9.18 Å². The SMILES string of the molecule is O=C(O)COc1cccc(F)c1C1c2ccccc2CCN1OC(=O)OCc1ccccc1. The molecule has 0 saturated carbocycles. The minimum Gasteiger partial charge on any atom is -0.481 e. The summed E-state index contributed by atoms with van der Waals surface area (Å²) in [5, 5.41) is 10.4. The quantitative estimate of drug-likeness (QED) is 0.529. The van der Waals surface area contributed by atoms with Crippen LogP contribution in [0.3, 0.4) is 0 Å². The molecule has 0 spiro atoms. The highest BCUT2D eigenvalue weighted by Gasteiger charge is 2.36. The van der Waals surface area contributed by atoms with Gasteiger partial charge >= 0.3 is 12.1 Å². The minimum absolute atomic E-state index is 0.0292. The van der Waals surface area contributed by atoms with Gasteiger partial charge in [0, 0.05) is 6.54 Å². The lowest BCUT2D eigenvalue weighted by Gasteiger charge is -2.36. The first-order chi connectivity index (χ1) is 16.0. The van der Waals surface area contributed by atoms with Gasteiger partial charge in [-0.3, -0.25) is 0 Å². The maximum absolute atomic E-state index is 15.1. The number of benzene rings is 3. The van der Waals surface area contributed by atoms with Crippen molar-refractivity contribution < 1.29 is 33.4 Å². The van der Waals surface area contributed by atoms with Crippen molar-refractivity contribution in [2.24, 2.45) is 0 Å². The molecule has 1 unspecified atom stereocenters. The maximum atomic E-state index is 15.1. The van der Waals surface area contributed by atoms with Gasteiger partial charge in [-0.2, -0.15) is 0 Å². The van der Waals surface area contributed by atoms with Gasteiger partial charge in [0.25, 0.3) is 0 Å². The number of nitrogens with zero attached hydrogens (tertiary/aromatic N) is 1. The van der Waals surface area contributed by atoms with Crippen LogP contribution >= 0.6 is 0 Å². The van der Waals surface area contributed by atoms with E-state index in [0.29, 0.717) is 6.42 Å². The fourth-order valence-corrected chi connectivity index (χ4v) is 3.83. The molecule has 1 aliphatic rings. The zero-order chi connectivity index (χ0) is 23.2. The van der Waals surface area contributed by atoms with Gasteiger partial charge in [0.15, 0.2) is 6.61 Å². The average Bonchev–Trinajstić information content (AvgIpc) is 2.82. The molecule has 4 rings (SSSR count). The average molecular weight is 451 g/mol. The summed E-state index contributed by atoms with van der Waals surface area (Å²) in [6, 6.07) is 19.9. The van der Waals surface area contributed by atoms with E-state index in [4.69, 9.17) is 19.4 Å². The number of carboxylic acids is 1. The van der Waals surface area contributed by atoms with E-state index >= 15 is 4.39 Å². The number of rotatable bonds is 7. The second-order valence-electron chi connectivity index (χ2n) is 7.44. The van der Waals surface area contributed by atoms with Crippen LogP contribution in [-0.4, -0.2) is 35.4 Å². The number of hydroxylamine groups is 2. The third-order valence-corrected chi connectivity index (χ3v) is 5.27. The van der Waals surface area contributed by atoms with E-state index in [1.165, 1.54) is 23.3 Å². The molecule has 1 N–H and O–H groups in total. The van der Waals surface area contributed by atoms with Gasteiger partial charge in [-0.1, -0.05) is 60.7 Å². The predicted octanol–water partition coefficient (Wildman–Crippen LogP) is 4.51. The first kappa shape index (κ1) is 22.3. The Balaban J connectivity index is 1.63. The smallest absolute Gasteiger partial charge is 0.481 e. The van der Waals surface area contributed by atoms with E-state index in [9.17, 15) is 9.59 Å². The molecule has 0 amide bonds. The number of fused-ring (bicyclic) bond motifs is 1. The highest BCUT2D eigenvalue weighted by atomic mass is 19.1. The second kappa shape index (κ2) is 10.1. The zero-order valence-corrected chi connectivity index (χ0v) is 17.6. The van der Waals surface area contributed by atoms with Crippen LogP contribution in [-0.2, 0) is 27.4 Å². The summed E-state index contributed by atoms with van der Waals surface area (Å²) in [4.78, 5) is 29.0. The molecule has 1 aliphatic heterocycles. The Bertz CT molecular complexity index is 1140. The molecule has 33 heavy (non-hydrogen) atoms. The van der Waals surface area contributed by atoms with E-state index in [2.05, 4.69) is 0 Å². The van der Waals surface area contributed by atoms with Crippen LogP contribution in [0.15, 0.2) is 72.8 Å². The second-order valence-corrected chi connectivity index (χ2v) is 7.44. The summed E-state index contributed by atoms with van der Waals surface area (Å²) >= 11 is 0. The minimum atomic E-state index is -1.19. The molecular weight excluding hydrogens is 429 g/mol. The van der Waals surface area contributed by atoms with E-state index in [0.717, 1.165) is 16.7 Å². The van der Waals surface area contributed by atoms with Crippen molar-refractivity contribution >= 4 is 12.1 Å². The number of carbonyl (C=O) groups excluding carboxylic acids is 1. The fraction of sp³-hybridized carbons (Fsp3) is 0.200. The molecule has 0 fully saturated rings. The van der Waals surface area contributed by atoms with Gasteiger partial charge in [0.1, 0.15) is 24.2 Å². The van der Waals surface area contributed by atoms with Gasteiger partial charge < -0.3 is 19.4 Å². The normalized spacial score (nSPS) is 15.4. The summed E-state index contributed by atoms with van der Waals surface area (Å²) in [5.74, 6) is -1.73. The summed E-state index contributed by atoms with van der Waals surface area (Å²) in [6.45, 7) is -0.318. The molecule has 7 nitrogen and oxygen atoms in total. The number of carbonyl (C=O) groups is 2. The largest absolute Gasteiger partial charge is 0.528 e. The first-order valence-corrected chi connectivity index (χ1v) is 10.4. The molecule has 1 atom stereocenters. The lowest BCUT2D eigenvalue weighted by atomic mass is 9.89. The molecule has 0 saturated heterocycles. The molecule has 0 aliphatic carbocycles.